The predicted octanol–water partition coefficient (Wildman–Crippen LogP) is 4.68. The summed E-state index contributed by atoms with van der Waals surface area (Å²) in [6.07, 6.45) is 5.08. The highest BCUT2D eigenvalue weighted by Gasteiger charge is 2.06. The van der Waals surface area contributed by atoms with Crippen molar-refractivity contribution in [3.05, 3.63) is 29.3 Å². The van der Waals surface area contributed by atoms with Crippen LogP contribution in [0.1, 0.15) is 50.7 Å². The van der Waals surface area contributed by atoms with Crippen LogP contribution in [0, 0.1) is 13.8 Å². The van der Waals surface area contributed by atoms with E-state index < -0.39 is 0 Å². The summed E-state index contributed by atoms with van der Waals surface area (Å²) in [4.78, 5) is 0. The topological polar surface area (TPSA) is 12.0 Å². The van der Waals surface area contributed by atoms with Gasteiger partial charge in [0, 0.05) is 11.7 Å². The maximum atomic E-state index is 3.66. The van der Waals surface area contributed by atoms with Crippen molar-refractivity contribution in [1.82, 2.24) is 0 Å². The van der Waals surface area contributed by atoms with E-state index in [1.54, 1.807) is 0 Å². The maximum absolute atomic E-state index is 3.66. The van der Waals surface area contributed by atoms with Crippen molar-refractivity contribution in [2.45, 2.75) is 59.4 Å². The van der Waals surface area contributed by atoms with Crippen LogP contribution in [-0.4, -0.2) is 6.04 Å². The molecule has 0 saturated carbocycles. The molecule has 0 aliphatic rings. The van der Waals surface area contributed by atoms with Gasteiger partial charge in [0.15, 0.2) is 0 Å². The maximum Gasteiger partial charge on any atom is 0.0372 e. The van der Waals surface area contributed by atoms with E-state index in [1.807, 2.05) is 0 Å². The molecule has 16 heavy (non-hydrogen) atoms. The molecule has 1 unspecified atom stereocenters. The first kappa shape index (κ1) is 13.1. The molecule has 90 valence electrons. The Bertz CT molecular complexity index is 317. The van der Waals surface area contributed by atoms with Gasteiger partial charge in [0.25, 0.3) is 0 Å². The first-order valence-corrected chi connectivity index (χ1v) is 6.51. The van der Waals surface area contributed by atoms with Crippen LogP contribution < -0.4 is 5.32 Å². The standard InChI is InChI=1S/C15H25N/c1-5-7-8-14(6-2)16-15-10-9-12(3)11-13(15)4/h9-11,14,16H,5-8H2,1-4H3. The normalized spacial score (nSPS) is 12.5. The van der Waals surface area contributed by atoms with Gasteiger partial charge in [0.2, 0.25) is 0 Å². The number of anilines is 1. The van der Waals surface area contributed by atoms with Crippen LogP contribution in [0.5, 0.6) is 0 Å². The van der Waals surface area contributed by atoms with Gasteiger partial charge in [-0.2, -0.15) is 0 Å². The van der Waals surface area contributed by atoms with E-state index in [-0.39, 0.29) is 0 Å². The highest BCUT2D eigenvalue weighted by molar-refractivity contribution is 5.52. The summed E-state index contributed by atoms with van der Waals surface area (Å²) in [7, 11) is 0. The molecule has 0 saturated heterocycles. The number of nitrogens with one attached hydrogen (secondary N) is 1. The quantitative estimate of drug-likeness (QED) is 0.732. The summed E-state index contributed by atoms with van der Waals surface area (Å²) in [5.41, 5.74) is 3.99. The highest BCUT2D eigenvalue weighted by Crippen LogP contribution is 2.19. The molecule has 0 radical (unpaired) electrons. The SMILES string of the molecule is CCCCC(CC)Nc1ccc(C)cc1C. The molecule has 1 atom stereocenters. The molecular weight excluding hydrogens is 194 g/mol. The highest BCUT2D eigenvalue weighted by atomic mass is 14.9. The third-order valence-electron chi connectivity index (χ3n) is 3.14. The van der Waals surface area contributed by atoms with Crippen LogP contribution in [0.4, 0.5) is 5.69 Å². The van der Waals surface area contributed by atoms with Gasteiger partial charge in [-0.05, 0) is 38.3 Å². The molecule has 1 aromatic rings. The van der Waals surface area contributed by atoms with E-state index in [0.717, 1.165) is 0 Å². The molecule has 0 aliphatic heterocycles. The molecule has 0 spiro atoms. The monoisotopic (exact) mass is 219 g/mol. The molecule has 1 aromatic carbocycles. The van der Waals surface area contributed by atoms with Crippen molar-refractivity contribution in [2.75, 3.05) is 5.32 Å². The van der Waals surface area contributed by atoms with E-state index in [2.05, 4.69) is 51.2 Å². The summed E-state index contributed by atoms with van der Waals surface area (Å²) in [5, 5.41) is 3.66. The fraction of sp³-hybridized carbons (Fsp3) is 0.600. The molecule has 1 heteroatoms. The van der Waals surface area contributed by atoms with Crippen LogP contribution >= 0.6 is 0 Å². The van der Waals surface area contributed by atoms with E-state index >= 15 is 0 Å². The minimum absolute atomic E-state index is 0.626. The van der Waals surface area contributed by atoms with Crippen LogP contribution in [0.3, 0.4) is 0 Å². The first-order chi connectivity index (χ1) is 7.67. The zero-order valence-corrected chi connectivity index (χ0v) is 11.1. The second-order valence-electron chi connectivity index (χ2n) is 4.71. The van der Waals surface area contributed by atoms with Gasteiger partial charge in [-0.1, -0.05) is 44.4 Å². The lowest BCUT2D eigenvalue weighted by Crippen LogP contribution is -2.18. The second kappa shape index (κ2) is 6.57. The van der Waals surface area contributed by atoms with Gasteiger partial charge < -0.3 is 5.32 Å². The lowest BCUT2D eigenvalue weighted by atomic mass is 10.1. The summed E-state index contributed by atoms with van der Waals surface area (Å²) < 4.78 is 0. The van der Waals surface area contributed by atoms with Crippen molar-refractivity contribution in [2.24, 2.45) is 0 Å². The average Bonchev–Trinajstić information content (AvgIpc) is 2.27. The van der Waals surface area contributed by atoms with Crippen LogP contribution in [0.25, 0.3) is 0 Å². The molecule has 0 bridgehead atoms. The van der Waals surface area contributed by atoms with Gasteiger partial charge in [0.1, 0.15) is 0 Å². The van der Waals surface area contributed by atoms with E-state index in [0.29, 0.717) is 6.04 Å². The Balaban J connectivity index is 2.62. The second-order valence-corrected chi connectivity index (χ2v) is 4.71. The molecule has 0 aromatic heterocycles. The van der Waals surface area contributed by atoms with Gasteiger partial charge in [-0.25, -0.2) is 0 Å². The minimum Gasteiger partial charge on any atom is -0.382 e. The zero-order chi connectivity index (χ0) is 12.0. The first-order valence-electron chi connectivity index (χ1n) is 6.51. The van der Waals surface area contributed by atoms with Crippen molar-refractivity contribution in [3.63, 3.8) is 0 Å². The Morgan fingerprint density at radius 1 is 1.19 bits per heavy atom. The van der Waals surface area contributed by atoms with Gasteiger partial charge in [-0.15, -0.1) is 0 Å². The molecule has 1 rings (SSSR count). The number of unbranched alkanes of at least 4 members (excludes halogenated alkanes) is 1. The summed E-state index contributed by atoms with van der Waals surface area (Å²) in [5.74, 6) is 0. The number of rotatable bonds is 6. The Kier molecular flexibility index (Phi) is 5.37. The van der Waals surface area contributed by atoms with Gasteiger partial charge >= 0.3 is 0 Å². The fourth-order valence-electron chi connectivity index (χ4n) is 2.02. The van der Waals surface area contributed by atoms with Crippen molar-refractivity contribution < 1.29 is 0 Å². The van der Waals surface area contributed by atoms with Crippen molar-refractivity contribution in [3.8, 4) is 0 Å². The summed E-state index contributed by atoms with van der Waals surface area (Å²) in [6, 6.07) is 7.26. The van der Waals surface area contributed by atoms with Crippen LogP contribution in [-0.2, 0) is 0 Å². The predicted molar refractivity (Wildman–Crippen MR) is 73.1 cm³/mol. The number of benzene rings is 1. The number of hydrogen-bond acceptors (Lipinski definition) is 1. The number of aryl methyl sites for hydroxylation is 2. The Morgan fingerprint density at radius 3 is 2.50 bits per heavy atom. The molecule has 0 heterocycles. The molecular formula is C15H25N. The third-order valence-corrected chi connectivity index (χ3v) is 3.14. The molecule has 0 aliphatic carbocycles. The molecule has 0 amide bonds. The van der Waals surface area contributed by atoms with Gasteiger partial charge in [-0.3, -0.25) is 0 Å². The van der Waals surface area contributed by atoms with Crippen LogP contribution in [0.15, 0.2) is 18.2 Å². The lowest BCUT2D eigenvalue weighted by Gasteiger charge is -2.19. The lowest BCUT2D eigenvalue weighted by molar-refractivity contribution is 0.593. The minimum atomic E-state index is 0.626. The third kappa shape index (κ3) is 3.88. The van der Waals surface area contributed by atoms with Gasteiger partial charge in [0.05, 0.1) is 0 Å². The number of hydrogen-bond donors (Lipinski definition) is 1. The Morgan fingerprint density at radius 2 is 1.94 bits per heavy atom. The van der Waals surface area contributed by atoms with E-state index in [9.17, 15) is 0 Å². The van der Waals surface area contributed by atoms with Crippen molar-refractivity contribution in [1.29, 1.82) is 0 Å². The van der Waals surface area contributed by atoms with E-state index in [4.69, 9.17) is 0 Å². The average molecular weight is 219 g/mol. The fourth-order valence-corrected chi connectivity index (χ4v) is 2.02. The Hall–Kier alpha value is -0.980. The molecule has 1 N–H and O–H groups in total. The molecule has 1 nitrogen and oxygen atoms in total. The van der Waals surface area contributed by atoms with Crippen LogP contribution in [0.2, 0.25) is 0 Å². The summed E-state index contributed by atoms with van der Waals surface area (Å²) >= 11 is 0. The zero-order valence-electron chi connectivity index (χ0n) is 11.1. The molecule has 0 fully saturated rings. The van der Waals surface area contributed by atoms with E-state index in [1.165, 1.54) is 42.5 Å². The smallest absolute Gasteiger partial charge is 0.0372 e. The largest absolute Gasteiger partial charge is 0.382 e. The Labute approximate surface area is 100 Å². The summed E-state index contributed by atoms with van der Waals surface area (Å²) in [6.45, 7) is 8.84. The van der Waals surface area contributed by atoms with Crippen molar-refractivity contribution >= 4 is 5.69 Å².